The maximum absolute atomic E-state index is 10.8. The average Bonchev–Trinajstić information content (AvgIpc) is 2.98. The number of carbonyl (C=O) groups is 1. The number of benzene rings is 4. The highest BCUT2D eigenvalue weighted by atomic mass is 16.5. The number of anilines is 1. The number of carbonyl (C=O) groups excluding carboxylic acids is 1. The minimum atomic E-state index is 0.490. The molecule has 0 bridgehead atoms. The summed E-state index contributed by atoms with van der Waals surface area (Å²) in [6, 6.07) is 34.3. The van der Waals surface area contributed by atoms with E-state index in [0.717, 1.165) is 29.8 Å². The van der Waals surface area contributed by atoms with Gasteiger partial charge in [-0.1, -0.05) is 98.6 Å². The van der Waals surface area contributed by atoms with E-state index in [9.17, 15) is 4.79 Å². The molecule has 0 aliphatic rings. The molecule has 0 aliphatic heterocycles. The van der Waals surface area contributed by atoms with E-state index in [1.165, 1.54) is 36.0 Å². The summed E-state index contributed by atoms with van der Waals surface area (Å²) in [4.78, 5) is 10.8. The van der Waals surface area contributed by atoms with Gasteiger partial charge in [-0.3, -0.25) is 4.79 Å². The quantitative estimate of drug-likeness (QED) is 0.134. The van der Waals surface area contributed by atoms with Gasteiger partial charge >= 0.3 is 0 Å². The van der Waals surface area contributed by atoms with Crippen LogP contribution in [0.25, 0.3) is 0 Å². The summed E-state index contributed by atoms with van der Waals surface area (Å²) < 4.78 is 11.5. The van der Waals surface area contributed by atoms with Crippen LogP contribution in [0.2, 0.25) is 0 Å². The van der Waals surface area contributed by atoms with Gasteiger partial charge in [0.15, 0.2) is 0 Å². The molecule has 0 fully saturated rings. The molecule has 204 valence electrons. The van der Waals surface area contributed by atoms with Crippen LogP contribution in [0.1, 0.15) is 48.4 Å². The van der Waals surface area contributed by atoms with Crippen molar-refractivity contribution in [3.05, 3.63) is 125 Å². The summed E-state index contributed by atoms with van der Waals surface area (Å²) >= 11 is 0. The molecule has 0 atom stereocenters. The maximum atomic E-state index is 10.8. The van der Waals surface area contributed by atoms with E-state index in [2.05, 4.69) is 42.6 Å². The molecule has 1 amide bonds. The number of hydrogen-bond donors (Lipinski definition) is 2. The fourth-order valence-electron chi connectivity index (χ4n) is 4.01. The Morgan fingerprint density at radius 1 is 0.692 bits per heavy atom. The van der Waals surface area contributed by atoms with Crippen LogP contribution in [0.5, 0.6) is 11.5 Å². The Labute approximate surface area is 233 Å². The molecule has 0 unspecified atom stereocenters. The third-order valence-electron chi connectivity index (χ3n) is 6.17. The van der Waals surface area contributed by atoms with Crippen LogP contribution in [0, 0.1) is 0 Å². The third-order valence-corrected chi connectivity index (χ3v) is 6.17. The molecule has 39 heavy (non-hydrogen) atoms. The highest BCUT2D eigenvalue weighted by molar-refractivity contribution is 5.75. The minimum absolute atomic E-state index is 0.490. The first-order valence-corrected chi connectivity index (χ1v) is 13.7. The van der Waals surface area contributed by atoms with Crippen molar-refractivity contribution < 1.29 is 14.3 Å². The summed E-state index contributed by atoms with van der Waals surface area (Å²) in [6.07, 6.45) is 6.24. The van der Waals surface area contributed by atoms with Crippen molar-refractivity contribution >= 4 is 12.1 Å². The van der Waals surface area contributed by atoms with Gasteiger partial charge in [-0.25, -0.2) is 0 Å². The molecule has 0 heterocycles. The molecule has 0 saturated heterocycles. The van der Waals surface area contributed by atoms with Crippen molar-refractivity contribution in [3.8, 4) is 11.5 Å². The van der Waals surface area contributed by atoms with Crippen molar-refractivity contribution in [1.29, 1.82) is 0 Å². The van der Waals surface area contributed by atoms with Crippen LogP contribution in [0.15, 0.2) is 103 Å². The lowest BCUT2D eigenvalue weighted by Crippen LogP contribution is -2.02. The van der Waals surface area contributed by atoms with Crippen molar-refractivity contribution in [2.75, 3.05) is 11.9 Å². The molecular weight excluding hydrogens is 484 g/mol. The van der Waals surface area contributed by atoms with Gasteiger partial charge in [-0.05, 0) is 72.3 Å². The van der Waals surface area contributed by atoms with Crippen molar-refractivity contribution in [3.63, 3.8) is 0 Å². The lowest BCUT2D eigenvalue weighted by atomic mass is 10.1. The first kappa shape index (κ1) is 29.5. The Bertz CT molecular complexity index is 1210. The van der Waals surface area contributed by atoms with Crippen LogP contribution < -0.4 is 20.5 Å². The molecule has 4 aromatic carbocycles. The third kappa shape index (κ3) is 11.0. The second-order valence-electron chi connectivity index (χ2n) is 9.28. The number of rotatable bonds is 14. The van der Waals surface area contributed by atoms with Crippen molar-refractivity contribution in [1.82, 2.24) is 0 Å². The molecule has 4 rings (SSSR count). The number of aryl methyl sites for hydroxylation is 1. The molecular formula is C34H40N2O3. The van der Waals surface area contributed by atoms with E-state index in [4.69, 9.17) is 15.2 Å². The molecule has 5 heteroatoms. The number of hydrogen-bond acceptors (Lipinski definition) is 4. The predicted octanol–water partition coefficient (Wildman–Crippen LogP) is 7.33. The van der Waals surface area contributed by atoms with Gasteiger partial charge in [0.25, 0.3) is 0 Å². The molecule has 0 aromatic heterocycles. The van der Waals surface area contributed by atoms with Gasteiger partial charge in [-0.2, -0.15) is 0 Å². The lowest BCUT2D eigenvalue weighted by molar-refractivity contribution is -0.105. The van der Waals surface area contributed by atoms with Gasteiger partial charge in [0.1, 0.15) is 24.7 Å². The molecule has 0 saturated carbocycles. The van der Waals surface area contributed by atoms with Gasteiger partial charge < -0.3 is 20.5 Å². The van der Waals surface area contributed by atoms with Gasteiger partial charge in [0, 0.05) is 0 Å². The van der Waals surface area contributed by atoms with E-state index >= 15 is 0 Å². The Kier molecular flexibility index (Phi) is 13.2. The molecule has 4 aromatic rings. The SMILES string of the molecule is CCCCCc1ccc(OCc2ccccc2)c(NC=O)c1.NCCc1ccc(OCc2ccccc2)cc1. The summed E-state index contributed by atoms with van der Waals surface area (Å²) in [7, 11) is 0. The standard InChI is InChI=1S/C19H23NO2.C15H17NO/c1-2-3-5-8-16-11-12-19(18(13-16)20-15-21)22-14-17-9-6-4-7-10-17;16-11-10-13-6-8-15(9-7-13)17-12-14-4-2-1-3-5-14/h4,6-7,9-13,15H,2-3,5,8,14H2,1H3,(H,20,21);1-9H,10-12,16H2. The first-order valence-electron chi connectivity index (χ1n) is 13.7. The van der Waals surface area contributed by atoms with E-state index < -0.39 is 0 Å². The zero-order valence-electron chi connectivity index (χ0n) is 22.9. The van der Waals surface area contributed by atoms with E-state index in [0.29, 0.717) is 31.9 Å². The van der Waals surface area contributed by atoms with Crippen molar-refractivity contribution in [2.24, 2.45) is 5.73 Å². The van der Waals surface area contributed by atoms with Crippen LogP contribution in [0.3, 0.4) is 0 Å². The lowest BCUT2D eigenvalue weighted by Gasteiger charge is -2.12. The molecule has 0 radical (unpaired) electrons. The van der Waals surface area contributed by atoms with E-state index in [1.54, 1.807) is 0 Å². The number of ether oxygens (including phenoxy) is 2. The Morgan fingerprint density at radius 2 is 1.31 bits per heavy atom. The second kappa shape index (κ2) is 17.4. The molecule has 0 spiro atoms. The number of nitrogens with one attached hydrogen (secondary N) is 1. The number of unbranched alkanes of at least 4 members (excludes halogenated alkanes) is 2. The summed E-state index contributed by atoms with van der Waals surface area (Å²) in [5.74, 6) is 1.60. The topological polar surface area (TPSA) is 73.6 Å². The summed E-state index contributed by atoms with van der Waals surface area (Å²) in [6.45, 7) is 3.98. The predicted molar refractivity (Wildman–Crippen MR) is 160 cm³/mol. The molecule has 5 nitrogen and oxygen atoms in total. The van der Waals surface area contributed by atoms with Crippen LogP contribution >= 0.6 is 0 Å². The smallest absolute Gasteiger partial charge is 0.211 e. The van der Waals surface area contributed by atoms with Gasteiger partial charge in [0.05, 0.1) is 5.69 Å². The van der Waals surface area contributed by atoms with E-state index in [1.807, 2.05) is 72.8 Å². The highest BCUT2D eigenvalue weighted by Gasteiger charge is 2.06. The Balaban J connectivity index is 0.000000223. The van der Waals surface area contributed by atoms with Crippen LogP contribution in [-0.2, 0) is 30.8 Å². The summed E-state index contributed by atoms with van der Waals surface area (Å²) in [5, 5.41) is 2.74. The number of nitrogens with two attached hydrogens (primary N) is 1. The average molecular weight is 525 g/mol. The van der Waals surface area contributed by atoms with Gasteiger partial charge in [0.2, 0.25) is 6.41 Å². The Morgan fingerprint density at radius 3 is 1.90 bits per heavy atom. The second-order valence-corrected chi connectivity index (χ2v) is 9.28. The molecule has 3 N–H and O–H groups in total. The normalized spacial score (nSPS) is 10.2. The zero-order chi connectivity index (χ0) is 27.5. The Hall–Kier alpha value is -4.09. The largest absolute Gasteiger partial charge is 0.489 e. The minimum Gasteiger partial charge on any atom is -0.489 e. The maximum Gasteiger partial charge on any atom is 0.211 e. The zero-order valence-corrected chi connectivity index (χ0v) is 22.9. The summed E-state index contributed by atoms with van der Waals surface area (Å²) in [5.41, 5.74) is 11.0. The van der Waals surface area contributed by atoms with Gasteiger partial charge in [-0.15, -0.1) is 0 Å². The molecule has 0 aliphatic carbocycles. The van der Waals surface area contributed by atoms with E-state index in [-0.39, 0.29) is 0 Å². The van der Waals surface area contributed by atoms with Crippen molar-refractivity contribution in [2.45, 2.75) is 52.2 Å². The van der Waals surface area contributed by atoms with Crippen LogP contribution in [0.4, 0.5) is 5.69 Å². The fraction of sp³-hybridized carbons (Fsp3) is 0.265. The highest BCUT2D eigenvalue weighted by Crippen LogP contribution is 2.27. The monoisotopic (exact) mass is 524 g/mol. The number of amides is 1. The van der Waals surface area contributed by atoms with Crippen LogP contribution in [-0.4, -0.2) is 13.0 Å². The fourth-order valence-corrected chi connectivity index (χ4v) is 4.01. The first-order chi connectivity index (χ1) is 19.2.